The number of benzene rings is 1. The fraction of sp³-hybridized carbons (Fsp3) is 0.0625. The van der Waals surface area contributed by atoms with Crippen LogP contribution in [0.3, 0.4) is 0 Å². The lowest BCUT2D eigenvalue weighted by atomic mass is 10.1. The second-order valence-corrected chi connectivity index (χ2v) is 5.87. The Morgan fingerprint density at radius 1 is 1.29 bits per heavy atom. The standard InChI is InChI=1S/C16H11Cl2N3O3/c1-8-11(15(22)21(20-8)16(19)23)7-10-3-5-14(24-10)12-6-9(17)2-4-13(12)18/h2-7H,1H3,(H2,19,23)/b11-7+. The van der Waals surface area contributed by atoms with E-state index in [9.17, 15) is 9.59 Å². The number of hydrogen-bond donors (Lipinski definition) is 1. The van der Waals surface area contributed by atoms with Gasteiger partial charge in [-0.15, -0.1) is 5.01 Å². The van der Waals surface area contributed by atoms with Crippen molar-refractivity contribution in [2.75, 3.05) is 0 Å². The minimum Gasteiger partial charge on any atom is -0.457 e. The third-order valence-corrected chi connectivity index (χ3v) is 3.94. The number of hydrogen-bond acceptors (Lipinski definition) is 4. The Bertz CT molecular complexity index is 915. The van der Waals surface area contributed by atoms with Crippen LogP contribution in [-0.2, 0) is 4.79 Å². The SMILES string of the molecule is CC1=NN(C(N)=O)C(=O)/C1=C/c1ccc(-c2cc(Cl)ccc2Cl)o1. The highest BCUT2D eigenvalue weighted by molar-refractivity contribution is 6.35. The molecule has 0 fully saturated rings. The van der Waals surface area contributed by atoms with Gasteiger partial charge >= 0.3 is 6.03 Å². The molecule has 0 saturated heterocycles. The van der Waals surface area contributed by atoms with Gasteiger partial charge in [0.2, 0.25) is 0 Å². The highest BCUT2D eigenvalue weighted by atomic mass is 35.5. The number of imide groups is 1. The Balaban J connectivity index is 1.95. The molecule has 0 aliphatic carbocycles. The molecule has 122 valence electrons. The molecule has 0 radical (unpaired) electrons. The van der Waals surface area contributed by atoms with Crippen LogP contribution in [0.1, 0.15) is 12.7 Å². The number of amides is 3. The van der Waals surface area contributed by atoms with E-state index in [4.69, 9.17) is 33.4 Å². The summed E-state index contributed by atoms with van der Waals surface area (Å²) in [6.07, 6.45) is 1.49. The molecule has 2 N–H and O–H groups in total. The monoisotopic (exact) mass is 363 g/mol. The molecule has 1 aromatic heterocycles. The fourth-order valence-corrected chi connectivity index (χ4v) is 2.62. The maximum absolute atomic E-state index is 12.1. The van der Waals surface area contributed by atoms with Gasteiger partial charge in [0.1, 0.15) is 11.5 Å². The van der Waals surface area contributed by atoms with E-state index in [0.717, 1.165) is 0 Å². The molecule has 3 amide bonds. The first-order valence-corrected chi connectivity index (χ1v) is 7.59. The van der Waals surface area contributed by atoms with E-state index in [-0.39, 0.29) is 5.57 Å². The minimum atomic E-state index is -0.936. The average molecular weight is 364 g/mol. The van der Waals surface area contributed by atoms with Crippen molar-refractivity contribution in [3.8, 4) is 11.3 Å². The number of hydrazone groups is 1. The quantitative estimate of drug-likeness (QED) is 0.819. The normalized spacial score (nSPS) is 16.0. The molecule has 3 rings (SSSR count). The Morgan fingerprint density at radius 2 is 2.04 bits per heavy atom. The third-order valence-electron chi connectivity index (χ3n) is 3.38. The number of nitrogens with two attached hydrogens (primary N) is 1. The zero-order valence-corrected chi connectivity index (χ0v) is 13.9. The van der Waals surface area contributed by atoms with Gasteiger partial charge in [-0.05, 0) is 43.3 Å². The fourth-order valence-electron chi connectivity index (χ4n) is 2.24. The Morgan fingerprint density at radius 3 is 2.71 bits per heavy atom. The van der Waals surface area contributed by atoms with Crippen molar-refractivity contribution in [1.82, 2.24) is 5.01 Å². The van der Waals surface area contributed by atoms with Crippen molar-refractivity contribution in [3.05, 3.63) is 51.7 Å². The first-order chi connectivity index (χ1) is 11.4. The first-order valence-electron chi connectivity index (χ1n) is 6.83. The number of halogens is 2. The largest absolute Gasteiger partial charge is 0.457 e. The van der Waals surface area contributed by atoms with Crippen LogP contribution < -0.4 is 5.73 Å². The maximum atomic E-state index is 12.1. The Kier molecular flexibility index (Phi) is 4.17. The van der Waals surface area contributed by atoms with Crippen LogP contribution in [-0.4, -0.2) is 22.7 Å². The van der Waals surface area contributed by atoms with E-state index in [2.05, 4.69) is 5.10 Å². The molecule has 2 aromatic rings. The van der Waals surface area contributed by atoms with Crippen LogP contribution in [0.25, 0.3) is 17.4 Å². The average Bonchev–Trinajstić information content (AvgIpc) is 3.10. The zero-order valence-electron chi connectivity index (χ0n) is 12.4. The summed E-state index contributed by atoms with van der Waals surface area (Å²) in [6, 6.07) is 7.47. The van der Waals surface area contributed by atoms with E-state index >= 15 is 0 Å². The molecule has 0 bridgehead atoms. The van der Waals surface area contributed by atoms with Gasteiger partial charge in [-0.25, -0.2) is 4.79 Å². The highest BCUT2D eigenvalue weighted by Crippen LogP contribution is 2.32. The predicted molar refractivity (Wildman–Crippen MR) is 91.7 cm³/mol. The molecule has 6 nitrogen and oxygen atoms in total. The first kappa shape index (κ1) is 16.3. The Labute approximate surface area is 147 Å². The van der Waals surface area contributed by atoms with Gasteiger partial charge in [0, 0.05) is 10.6 Å². The summed E-state index contributed by atoms with van der Waals surface area (Å²) in [7, 11) is 0. The molecule has 1 aromatic carbocycles. The Hall–Kier alpha value is -2.57. The van der Waals surface area contributed by atoms with E-state index in [1.807, 2.05) is 0 Å². The van der Waals surface area contributed by atoms with Crippen LogP contribution in [0.5, 0.6) is 0 Å². The van der Waals surface area contributed by atoms with Crippen molar-refractivity contribution in [2.45, 2.75) is 6.92 Å². The number of urea groups is 1. The van der Waals surface area contributed by atoms with Gasteiger partial charge in [0.15, 0.2) is 0 Å². The van der Waals surface area contributed by atoms with Crippen LogP contribution in [0.4, 0.5) is 4.79 Å². The lowest BCUT2D eigenvalue weighted by Crippen LogP contribution is -2.33. The number of carbonyl (C=O) groups is 2. The van der Waals surface area contributed by atoms with Gasteiger partial charge in [-0.1, -0.05) is 23.2 Å². The number of furan rings is 1. The molecular formula is C16H11Cl2N3O3. The summed E-state index contributed by atoms with van der Waals surface area (Å²) in [4.78, 5) is 23.3. The molecule has 1 aliphatic rings. The van der Waals surface area contributed by atoms with Crippen LogP contribution in [0.15, 0.2) is 45.4 Å². The number of rotatable bonds is 2. The van der Waals surface area contributed by atoms with Crippen molar-refractivity contribution in [3.63, 3.8) is 0 Å². The molecule has 24 heavy (non-hydrogen) atoms. The molecule has 8 heteroatoms. The van der Waals surface area contributed by atoms with E-state index < -0.39 is 11.9 Å². The summed E-state index contributed by atoms with van der Waals surface area (Å²) in [5.41, 5.74) is 6.33. The van der Waals surface area contributed by atoms with Crippen molar-refractivity contribution in [2.24, 2.45) is 10.8 Å². The number of nitrogens with zero attached hydrogens (tertiary/aromatic N) is 2. The van der Waals surface area contributed by atoms with Gasteiger partial charge in [-0.3, -0.25) is 4.79 Å². The smallest absolute Gasteiger partial charge is 0.342 e. The van der Waals surface area contributed by atoms with Gasteiger partial charge < -0.3 is 10.2 Å². The molecule has 1 aliphatic heterocycles. The van der Waals surface area contributed by atoms with Crippen LogP contribution in [0.2, 0.25) is 10.0 Å². The predicted octanol–water partition coefficient (Wildman–Crippen LogP) is 3.93. The second-order valence-electron chi connectivity index (χ2n) is 5.02. The lowest BCUT2D eigenvalue weighted by molar-refractivity contribution is -0.122. The van der Waals surface area contributed by atoms with Gasteiger partial charge in [0.05, 0.1) is 16.3 Å². The van der Waals surface area contributed by atoms with Crippen molar-refractivity contribution < 1.29 is 14.0 Å². The molecule has 0 saturated carbocycles. The molecule has 0 atom stereocenters. The van der Waals surface area contributed by atoms with E-state index in [1.54, 1.807) is 37.3 Å². The third kappa shape index (κ3) is 2.93. The van der Waals surface area contributed by atoms with E-state index in [0.29, 0.717) is 37.8 Å². The highest BCUT2D eigenvalue weighted by Gasteiger charge is 2.31. The summed E-state index contributed by atoms with van der Waals surface area (Å²) in [5.74, 6) is 0.310. The van der Waals surface area contributed by atoms with Crippen LogP contribution in [0, 0.1) is 0 Å². The number of primary amides is 1. The second kappa shape index (κ2) is 6.14. The minimum absolute atomic E-state index is 0.229. The topological polar surface area (TPSA) is 88.9 Å². The van der Waals surface area contributed by atoms with Crippen LogP contribution >= 0.6 is 23.2 Å². The van der Waals surface area contributed by atoms with Gasteiger partial charge in [0.25, 0.3) is 5.91 Å². The van der Waals surface area contributed by atoms with Gasteiger partial charge in [-0.2, -0.15) is 5.10 Å². The maximum Gasteiger partial charge on any atom is 0.342 e. The summed E-state index contributed by atoms with van der Waals surface area (Å²) < 4.78 is 5.70. The number of carbonyl (C=O) groups excluding carboxylic acids is 2. The van der Waals surface area contributed by atoms with Crippen molar-refractivity contribution in [1.29, 1.82) is 0 Å². The van der Waals surface area contributed by atoms with E-state index in [1.165, 1.54) is 6.08 Å². The summed E-state index contributed by atoms with van der Waals surface area (Å²) in [5, 5.41) is 5.44. The molecule has 0 spiro atoms. The molecular weight excluding hydrogens is 353 g/mol. The van der Waals surface area contributed by atoms with Crippen molar-refractivity contribution >= 4 is 46.9 Å². The zero-order chi connectivity index (χ0) is 17.4. The molecule has 0 unspecified atom stereocenters. The lowest BCUT2D eigenvalue weighted by Gasteiger charge is -2.04. The molecule has 2 heterocycles. The summed E-state index contributed by atoms with van der Waals surface area (Å²) >= 11 is 12.1. The summed E-state index contributed by atoms with van der Waals surface area (Å²) in [6.45, 7) is 1.60.